The maximum atomic E-state index is 13.5. The van der Waals surface area contributed by atoms with Crippen LogP contribution in [0.5, 0.6) is 17.5 Å². The second-order valence-electron chi connectivity index (χ2n) is 12.6. The van der Waals surface area contributed by atoms with E-state index in [9.17, 15) is 8.42 Å². The quantitative estimate of drug-likeness (QED) is 0.145. The molecule has 0 saturated carbocycles. The summed E-state index contributed by atoms with van der Waals surface area (Å²) in [5.74, 6) is 2.21. The van der Waals surface area contributed by atoms with Crippen LogP contribution in [0.2, 0.25) is 0 Å². The van der Waals surface area contributed by atoms with Crippen LogP contribution in [0, 0.1) is 0 Å². The van der Waals surface area contributed by atoms with Crippen LogP contribution >= 0.6 is 0 Å². The largest absolute Gasteiger partial charge is 0.497 e. The van der Waals surface area contributed by atoms with E-state index >= 15 is 0 Å². The van der Waals surface area contributed by atoms with Crippen LogP contribution < -0.4 is 28.7 Å². The van der Waals surface area contributed by atoms with Gasteiger partial charge in [0.2, 0.25) is 0 Å². The fourth-order valence-electron chi connectivity index (χ4n) is 6.27. The maximum absolute atomic E-state index is 13.5. The molecular weight excluding hydrogens is 641 g/mol. The summed E-state index contributed by atoms with van der Waals surface area (Å²) in [7, 11) is -0.483. The Morgan fingerprint density at radius 3 is 2.02 bits per heavy atom. The average molecular weight is 687 g/mol. The molecule has 6 rings (SSSR count). The number of unbranched alkanes of at least 4 members (excludes halogenated alkanes) is 1. The number of methoxy groups -OCH3 is 2. The van der Waals surface area contributed by atoms with Crippen LogP contribution in [0.4, 0.5) is 17.3 Å². The molecule has 2 aliphatic heterocycles. The highest BCUT2D eigenvalue weighted by molar-refractivity contribution is 7.92. The lowest BCUT2D eigenvalue weighted by atomic mass is 10.1. The number of likely N-dealkylation sites (tertiary alicyclic amines) is 1. The molecular formula is C37H46N6O5S. The Morgan fingerprint density at radius 2 is 1.43 bits per heavy atom. The molecule has 3 heterocycles. The van der Waals surface area contributed by atoms with Crippen LogP contribution in [0.15, 0.2) is 72.8 Å². The summed E-state index contributed by atoms with van der Waals surface area (Å²) in [5.41, 5.74) is 4.57. The number of rotatable bonds is 15. The van der Waals surface area contributed by atoms with E-state index in [1.165, 1.54) is 18.4 Å². The number of ether oxygens (including phenoxy) is 3. The fourth-order valence-corrected chi connectivity index (χ4v) is 7.45. The Bertz CT molecular complexity index is 1750. The second kappa shape index (κ2) is 15.8. The second-order valence-corrected chi connectivity index (χ2v) is 14.3. The molecule has 2 aliphatic rings. The predicted octanol–water partition coefficient (Wildman–Crippen LogP) is 6.19. The zero-order chi connectivity index (χ0) is 34.2. The summed E-state index contributed by atoms with van der Waals surface area (Å²) in [6.07, 6.45) is 4.26. The Balaban J connectivity index is 1.40. The minimum Gasteiger partial charge on any atom is -0.497 e. The summed E-state index contributed by atoms with van der Waals surface area (Å²) in [5, 5.41) is 0. The Morgan fingerprint density at radius 1 is 0.816 bits per heavy atom. The first-order chi connectivity index (χ1) is 23.8. The first-order valence-electron chi connectivity index (χ1n) is 16.9. The lowest BCUT2D eigenvalue weighted by Gasteiger charge is -2.34. The highest BCUT2D eigenvalue weighted by Crippen LogP contribution is 2.40. The van der Waals surface area contributed by atoms with E-state index in [1.807, 2.05) is 59.5 Å². The normalized spacial score (nSPS) is 15.4. The van der Waals surface area contributed by atoms with Gasteiger partial charge >= 0.3 is 6.01 Å². The number of nitrogens with one attached hydrogen (secondary N) is 1. The van der Waals surface area contributed by atoms with Crippen LogP contribution in [-0.4, -0.2) is 63.1 Å². The molecule has 1 N–H and O–H groups in total. The van der Waals surface area contributed by atoms with Gasteiger partial charge in [0.25, 0.3) is 10.0 Å². The van der Waals surface area contributed by atoms with Crippen molar-refractivity contribution in [2.75, 3.05) is 54.3 Å². The number of aromatic nitrogens is 2. The topological polar surface area (TPSA) is 109 Å². The van der Waals surface area contributed by atoms with Gasteiger partial charge in [-0.05, 0) is 78.9 Å². The molecule has 0 bridgehead atoms. The molecule has 4 aromatic rings. The van der Waals surface area contributed by atoms with Gasteiger partial charge in [0, 0.05) is 26.2 Å². The zero-order valence-corrected chi connectivity index (χ0v) is 29.4. The SMILES string of the molecule is CCCCOc1nc(N(Cc2ccc(OC)cc2)Cc2ccc(OC)cc2)c2c(n1)N(Cc1cccc(CN3CCCC3)c1)CS(=O)(=O)N2. The maximum Gasteiger partial charge on any atom is 0.320 e. The number of fused-ring (bicyclic) bond motifs is 1. The van der Waals surface area contributed by atoms with Gasteiger partial charge in [0.05, 0.1) is 20.8 Å². The summed E-state index contributed by atoms with van der Waals surface area (Å²) < 4.78 is 46.8. The van der Waals surface area contributed by atoms with E-state index in [1.54, 1.807) is 14.2 Å². The van der Waals surface area contributed by atoms with Gasteiger partial charge in [0.15, 0.2) is 11.6 Å². The smallest absolute Gasteiger partial charge is 0.320 e. The van der Waals surface area contributed by atoms with Crippen molar-refractivity contribution < 1.29 is 22.6 Å². The van der Waals surface area contributed by atoms with Crippen LogP contribution in [-0.2, 0) is 36.2 Å². The highest BCUT2D eigenvalue weighted by Gasteiger charge is 2.34. The molecule has 3 aromatic carbocycles. The van der Waals surface area contributed by atoms with E-state index in [4.69, 9.17) is 24.2 Å². The number of sulfonamides is 1. The van der Waals surface area contributed by atoms with Crippen molar-refractivity contribution in [2.24, 2.45) is 0 Å². The molecule has 0 radical (unpaired) electrons. The van der Waals surface area contributed by atoms with Gasteiger partial charge < -0.3 is 24.0 Å². The number of hydrogen-bond acceptors (Lipinski definition) is 10. The number of benzene rings is 3. The van der Waals surface area contributed by atoms with Crippen molar-refractivity contribution in [3.8, 4) is 17.5 Å². The van der Waals surface area contributed by atoms with E-state index in [2.05, 4.69) is 39.6 Å². The van der Waals surface area contributed by atoms with E-state index in [0.29, 0.717) is 43.6 Å². The highest BCUT2D eigenvalue weighted by atomic mass is 32.2. The zero-order valence-electron chi connectivity index (χ0n) is 28.6. The van der Waals surface area contributed by atoms with Crippen LogP contribution in [0.25, 0.3) is 0 Å². The standard InChI is InChI=1S/C37H46N6O5S/c1-4-5-21-48-37-38-35(42(24-28-11-15-32(46-2)16-12-28)25-29-13-17-33(47-3)18-14-29)34-36(39-37)43(27-49(44,45)40-34)26-31-10-8-9-30(22-31)23-41-19-6-7-20-41/h8-18,22,40H,4-7,19-21,23-27H2,1-3H3. The molecule has 1 fully saturated rings. The van der Waals surface area contributed by atoms with Crippen LogP contribution in [0.3, 0.4) is 0 Å². The Hall–Kier alpha value is -4.55. The minimum atomic E-state index is -3.76. The minimum absolute atomic E-state index is 0.213. The van der Waals surface area contributed by atoms with Crippen molar-refractivity contribution in [2.45, 2.75) is 58.8 Å². The van der Waals surface area contributed by atoms with Crippen LogP contribution in [0.1, 0.15) is 54.9 Å². The average Bonchev–Trinajstić information content (AvgIpc) is 3.61. The third-order valence-corrected chi connectivity index (χ3v) is 9.96. The molecule has 12 heteroatoms. The molecule has 0 aliphatic carbocycles. The molecule has 0 amide bonds. The Kier molecular flexibility index (Phi) is 11.0. The summed E-state index contributed by atoms with van der Waals surface area (Å²) in [6, 6.07) is 24.3. The summed E-state index contributed by atoms with van der Waals surface area (Å²) in [6.45, 7) is 6.90. The number of nitrogens with zero attached hydrogens (tertiary/aromatic N) is 5. The molecule has 1 saturated heterocycles. The molecule has 49 heavy (non-hydrogen) atoms. The predicted molar refractivity (Wildman–Crippen MR) is 193 cm³/mol. The van der Waals surface area contributed by atoms with Crippen molar-refractivity contribution in [3.63, 3.8) is 0 Å². The van der Waals surface area contributed by atoms with Crippen molar-refractivity contribution in [1.82, 2.24) is 14.9 Å². The lowest BCUT2D eigenvalue weighted by molar-refractivity contribution is 0.285. The molecule has 0 atom stereocenters. The van der Waals surface area contributed by atoms with E-state index in [-0.39, 0.29) is 11.9 Å². The van der Waals surface area contributed by atoms with Gasteiger partial charge in [0.1, 0.15) is 23.1 Å². The van der Waals surface area contributed by atoms with Gasteiger partial charge in [-0.25, -0.2) is 8.42 Å². The summed E-state index contributed by atoms with van der Waals surface area (Å²) >= 11 is 0. The van der Waals surface area contributed by atoms with Gasteiger partial charge in [-0.1, -0.05) is 61.9 Å². The van der Waals surface area contributed by atoms with Crippen molar-refractivity contribution in [3.05, 3.63) is 95.1 Å². The van der Waals surface area contributed by atoms with Crippen molar-refractivity contribution in [1.29, 1.82) is 0 Å². The third-order valence-electron chi connectivity index (χ3n) is 8.80. The fraction of sp³-hybridized carbons (Fsp3) is 0.405. The van der Waals surface area contributed by atoms with Gasteiger partial charge in [-0.15, -0.1) is 0 Å². The van der Waals surface area contributed by atoms with Gasteiger partial charge in [-0.3, -0.25) is 9.62 Å². The van der Waals surface area contributed by atoms with Crippen molar-refractivity contribution >= 4 is 27.3 Å². The first kappa shape index (κ1) is 34.3. The molecule has 0 unspecified atom stereocenters. The van der Waals surface area contributed by atoms with Gasteiger partial charge in [-0.2, -0.15) is 9.97 Å². The van der Waals surface area contributed by atoms with E-state index in [0.717, 1.165) is 60.7 Å². The first-order valence-corrected chi connectivity index (χ1v) is 18.6. The third kappa shape index (κ3) is 8.93. The number of hydrogen-bond donors (Lipinski definition) is 1. The Labute approximate surface area is 289 Å². The molecule has 11 nitrogen and oxygen atoms in total. The molecule has 0 spiro atoms. The molecule has 260 valence electrons. The monoisotopic (exact) mass is 686 g/mol. The molecule has 1 aromatic heterocycles. The number of anilines is 3. The summed E-state index contributed by atoms with van der Waals surface area (Å²) in [4.78, 5) is 16.0. The van der Waals surface area contributed by atoms with E-state index < -0.39 is 10.0 Å². The lowest BCUT2D eigenvalue weighted by Crippen LogP contribution is -2.39.